The SMILES string of the molecule is Cc1ccc(-c2ncc(CN3CCC(N)C(C)(C)C3)s2)o1. The summed E-state index contributed by atoms with van der Waals surface area (Å²) in [5.74, 6) is 1.79. The van der Waals surface area contributed by atoms with Gasteiger partial charge in [0.25, 0.3) is 0 Å². The van der Waals surface area contributed by atoms with Gasteiger partial charge >= 0.3 is 0 Å². The number of thiazole rings is 1. The van der Waals surface area contributed by atoms with Crippen LogP contribution in [-0.2, 0) is 6.54 Å². The summed E-state index contributed by atoms with van der Waals surface area (Å²) in [5.41, 5.74) is 6.39. The van der Waals surface area contributed by atoms with Crippen molar-refractivity contribution in [2.45, 2.75) is 39.8 Å². The van der Waals surface area contributed by atoms with Gasteiger partial charge in [0, 0.05) is 36.8 Å². The second kappa shape index (κ2) is 5.55. The molecule has 0 saturated carbocycles. The standard InChI is InChI=1S/C16H23N3OS/c1-11-4-5-13(20-11)15-18-8-12(21-15)9-19-7-6-14(17)16(2,3)10-19/h4-5,8,14H,6-7,9-10,17H2,1-3H3. The summed E-state index contributed by atoms with van der Waals surface area (Å²) in [5, 5.41) is 0.964. The molecule has 114 valence electrons. The van der Waals surface area contributed by atoms with Crippen LogP contribution in [-0.4, -0.2) is 29.0 Å². The van der Waals surface area contributed by atoms with E-state index in [-0.39, 0.29) is 5.41 Å². The average Bonchev–Trinajstić information content (AvgIpc) is 3.02. The van der Waals surface area contributed by atoms with E-state index in [9.17, 15) is 0 Å². The lowest BCUT2D eigenvalue weighted by atomic mass is 9.80. The average molecular weight is 305 g/mol. The molecule has 2 N–H and O–H groups in total. The Morgan fingerprint density at radius 2 is 2.29 bits per heavy atom. The first-order valence-electron chi connectivity index (χ1n) is 7.43. The molecule has 4 nitrogen and oxygen atoms in total. The summed E-state index contributed by atoms with van der Waals surface area (Å²) < 4.78 is 5.64. The molecule has 1 aliphatic heterocycles. The summed E-state index contributed by atoms with van der Waals surface area (Å²) in [4.78, 5) is 8.25. The topological polar surface area (TPSA) is 55.3 Å². The maximum Gasteiger partial charge on any atom is 0.162 e. The monoisotopic (exact) mass is 305 g/mol. The first-order chi connectivity index (χ1) is 9.94. The van der Waals surface area contributed by atoms with Crippen LogP contribution >= 0.6 is 11.3 Å². The molecule has 1 fully saturated rings. The minimum absolute atomic E-state index is 0.184. The summed E-state index contributed by atoms with van der Waals surface area (Å²) in [6, 6.07) is 4.27. The van der Waals surface area contributed by atoms with Crippen LogP contribution in [0.1, 0.15) is 30.9 Å². The zero-order chi connectivity index (χ0) is 15.0. The first-order valence-corrected chi connectivity index (χ1v) is 8.25. The van der Waals surface area contributed by atoms with Crippen molar-refractivity contribution in [2.24, 2.45) is 11.1 Å². The number of hydrogen-bond donors (Lipinski definition) is 1. The van der Waals surface area contributed by atoms with Crippen molar-refractivity contribution >= 4 is 11.3 Å². The number of rotatable bonds is 3. The Labute approximate surface area is 130 Å². The summed E-state index contributed by atoms with van der Waals surface area (Å²) in [6.45, 7) is 9.53. The minimum Gasteiger partial charge on any atom is -0.459 e. The molecular formula is C16H23N3OS. The normalized spacial score (nSPS) is 22.6. The lowest BCUT2D eigenvalue weighted by molar-refractivity contribution is 0.0906. The van der Waals surface area contributed by atoms with Gasteiger partial charge in [0.2, 0.25) is 0 Å². The van der Waals surface area contributed by atoms with E-state index >= 15 is 0 Å². The van der Waals surface area contributed by atoms with Crippen LogP contribution in [0, 0.1) is 12.3 Å². The van der Waals surface area contributed by atoms with E-state index in [0.29, 0.717) is 6.04 Å². The van der Waals surface area contributed by atoms with E-state index in [1.54, 1.807) is 11.3 Å². The summed E-state index contributed by atoms with van der Waals surface area (Å²) in [7, 11) is 0. The number of nitrogens with two attached hydrogens (primary N) is 1. The van der Waals surface area contributed by atoms with E-state index in [2.05, 4.69) is 23.7 Å². The van der Waals surface area contributed by atoms with Crippen LogP contribution in [0.15, 0.2) is 22.7 Å². The predicted molar refractivity (Wildman–Crippen MR) is 86.2 cm³/mol. The number of furan rings is 1. The third-order valence-corrected chi connectivity index (χ3v) is 5.27. The van der Waals surface area contributed by atoms with Gasteiger partial charge in [-0.1, -0.05) is 13.8 Å². The zero-order valence-corrected chi connectivity index (χ0v) is 13.7. The van der Waals surface area contributed by atoms with Crippen molar-refractivity contribution in [3.05, 3.63) is 29.0 Å². The highest BCUT2D eigenvalue weighted by Crippen LogP contribution is 2.31. The van der Waals surface area contributed by atoms with Crippen LogP contribution in [0.3, 0.4) is 0 Å². The number of likely N-dealkylation sites (tertiary alicyclic amines) is 1. The first kappa shape index (κ1) is 14.8. The Balaban J connectivity index is 1.68. The van der Waals surface area contributed by atoms with Crippen molar-refractivity contribution in [2.75, 3.05) is 13.1 Å². The quantitative estimate of drug-likeness (QED) is 0.945. The molecule has 0 amide bonds. The minimum atomic E-state index is 0.184. The van der Waals surface area contributed by atoms with Crippen LogP contribution in [0.2, 0.25) is 0 Å². The number of hydrogen-bond acceptors (Lipinski definition) is 5. The molecule has 1 aliphatic rings. The van der Waals surface area contributed by atoms with Gasteiger partial charge < -0.3 is 10.2 Å². The van der Waals surface area contributed by atoms with Gasteiger partial charge in [0.15, 0.2) is 10.8 Å². The van der Waals surface area contributed by atoms with Crippen molar-refractivity contribution in [1.82, 2.24) is 9.88 Å². The van der Waals surface area contributed by atoms with Gasteiger partial charge in [-0.2, -0.15) is 0 Å². The largest absolute Gasteiger partial charge is 0.459 e. The van der Waals surface area contributed by atoms with E-state index in [0.717, 1.165) is 42.6 Å². The molecular weight excluding hydrogens is 282 g/mol. The Morgan fingerprint density at radius 3 is 2.95 bits per heavy atom. The maximum absolute atomic E-state index is 6.20. The van der Waals surface area contributed by atoms with Crippen molar-refractivity contribution in [3.63, 3.8) is 0 Å². The zero-order valence-electron chi connectivity index (χ0n) is 12.9. The van der Waals surface area contributed by atoms with Crippen LogP contribution < -0.4 is 5.73 Å². The van der Waals surface area contributed by atoms with Gasteiger partial charge in [-0.25, -0.2) is 4.98 Å². The molecule has 3 heterocycles. The third-order valence-electron chi connectivity index (χ3n) is 4.28. The fourth-order valence-electron chi connectivity index (χ4n) is 2.88. The molecule has 0 spiro atoms. The van der Waals surface area contributed by atoms with Crippen molar-refractivity contribution in [3.8, 4) is 10.8 Å². The molecule has 2 aromatic rings. The fourth-order valence-corrected chi connectivity index (χ4v) is 3.80. The van der Waals surface area contributed by atoms with Crippen molar-refractivity contribution < 1.29 is 4.42 Å². The lowest BCUT2D eigenvalue weighted by Crippen LogP contribution is -2.51. The fraction of sp³-hybridized carbons (Fsp3) is 0.562. The second-order valence-corrected chi connectivity index (χ2v) is 7.75. The molecule has 21 heavy (non-hydrogen) atoms. The van der Waals surface area contributed by atoms with Crippen LogP contribution in [0.25, 0.3) is 10.8 Å². The predicted octanol–water partition coefficient (Wildman–Crippen LogP) is 3.27. The molecule has 1 atom stereocenters. The lowest BCUT2D eigenvalue weighted by Gasteiger charge is -2.42. The number of aromatic nitrogens is 1. The molecule has 1 saturated heterocycles. The molecule has 2 aromatic heterocycles. The number of nitrogens with zero attached hydrogens (tertiary/aromatic N) is 2. The number of aryl methyl sites for hydroxylation is 1. The summed E-state index contributed by atoms with van der Waals surface area (Å²) in [6.07, 6.45) is 3.04. The Hall–Kier alpha value is -1.17. The number of piperidine rings is 1. The van der Waals surface area contributed by atoms with Gasteiger partial charge in [-0.05, 0) is 30.9 Å². The van der Waals surface area contributed by atoms with E-state index in [1.807, 2.05) is 25.3 Å². The molecule has 0 aliphatic carbocycles. The molecule has 0 aromatic carbocycles. The molecule has 1 unspecified atom stereocenters. The van der Waals surface area contributed by atoms with Gasteiger partial charge in [-0.15, -0.1) is 11.3 Å². The Kier molecular flexibility index (Phi) is 3.90. The third kappa shape index (κ3) is 3.20. The molecule has 5 heteroatoms. The maximum atomic E-state index is 6.20. The van der Waals surface area contributed by atoms with Gasteiger partial charge in [0.1, 0.15) is 5.76 Å². The highest BCUT2D eigenvalue weighted by atomic mass is 32.1. The summed E-state index contributed by atoms with van der Waals surface area (Å²) >= 11 is 1.72. The molecule has 0 bridgehead atoms. The Bertz CT molecular complexity index is 617. The highest BCUT2D eigenvalue weighted by molar-refractivity contribution is 7.14. The highest BCUT2D eigenvalue weighted by Gasteiger charge is 2.33. The van der Waals surface area contributed by atoms with Gasteiger partial charge in [-0.3, -0.25) is 4.90 Å². The smallest absolute Gasteiger partial charge is 0.162 e. The van der Waals surface area contributed by atoms with E-state index in [1.165, 1.54) is 4.88 Å². The van der Waals surface area contributed by atoms with E-state index < -0.39 is 0 Å². The van der Waals surface area contributed by atoms with E-state index in [4.69, 9.17) is 10.2 Å². The Morgan fingerprint density at radius 1 is 1.48 bits per heavy atom. The molecule has 3 rings (SSSR count). The van der Waals surface area contributed by atoms with Gasteiger partial charge in [0.05, 0.1) is 0 Å². The van der Waals surface area contributed by atoms with Crippen LogP contribution in [0.4, 0.5) is 0 Å². The van der Waals surface area contributed by atoms with Crippen LogP contribution in [0.5, 0.6) is 0 Å². The van der Waals surface area contributed by atoms with Crippen molar-refractivity contribution in [1.29, 1.82) is 0 Å². The molecule has 0 radical (unpaired) electrons. The second-order valence-electron chi connectivity index (χ2n) is 6.64.